The zero-order valence-electron chi connectivity index (χ0n) is 17.2. The molecule has 2 aromatic carbocycles. The molecule has 11 heteroatoms. The van der Waals surface area contributed by atoms with Gasteiger partial charge < -0.3 is 16.0 Å². The van der Waals surface area contributed by atoms with Gasteiger partial charge in [-0.3, -0.25) is 4.79 Å². The van der Waals surface area contributed by atoms with Gasteiger partial charge in [-0.25, -0.2) is 13.5 Å². The molecule has 8 nitrogen and oxygen atoms in total. The van der Waals surface area contributed by atoms with Crippen LogP contribution in [0.3, 0.4) is 0 Å². The number of piperazine rings is 1. The number of nitrogens with one attached hydrogen (secondary N) is 1. The number of nitrogen functional groups attached to an aromatic ring is 1. The van der Waals surface area contributed by atoms with Crippen molar-refractivity contribution in [2.45, 2.75) is 19.0 Å². The van der Waals surface area contributed by atoms with Crippen molar-refractivity contribution in [3.63, 3.8) is 0 Å². The van der Waals surface area contributed by atoms with E-state index in [2.05, 4.69) is 15.6 Å². The second kappa shape index (κ2) is 7.19. The smallest absolute Gasteiger partial charge is 0.256 e. The molecule has 4 heterocycles. The highest BCUT2D eigenvalue weighted by Crippen LogP contribution is 2.44. The predicted octanol–water partition coefficient (Wildman–Crippen LogP) is 2.86. The van der Waals surface area contributed by atoms with Crippen molar-refractivity contribution in [3.05, 3.63) is 41.0 Å². The number of halogens is 2. The molecule has 33 heavy (non-hydrogen) atoms. The van der Waals surface area contributed by atoms with Crippen molar-refractivity contribution < 1.29 is 13.6 Å². The first-order valence-electron chi connectivity index (χ1n) is 10.5. The number of carbonyl (C=O) groups is 1. The lowest BCUT2D eigenvalue weighted by atomic mass is 9.94. The maximum absolute atomic E-state index is 15.7. The summed E-state index contributed by atoms with van der Waals surface area (Å²) in [6, 6.07) is 5.85. The molecule has 2 aliphatic rings. The third kappa shape index (κ3) is 2.77. The van der Waals surface area contributed by atoms with Crippen LogP contribution in [0.5, 0.6) is 0 Å². The van der Waals surface area contributed by atoms with Gasteiger partial charge in [0.25, 0.3) is 5.91 Å². The van der Waals surface area contributed by atoms with E-state index in [1.165, 1.54) is 18.2 Å². The lowest BCUT2D eigenvalue weighted by Gasteiger charge is -2.37. The molecule has 0 radical (unpaired) electrons. The van der Waals surface area contributed by atoms with Gasteiger partial charge in [-0.1, -0.05) is 11.3 Å². The lowest BCUT2D eigenvalue weighted by molar-refractivity contribution is 0.0613. The number of aromatic nitrogens is 3. The van der Waals surface area contributed by atoms with E-state index in [1.54, 1.807) is 9.58 Å². The molecule has 3 N–H and O–H groups in total. The monoisotopic (exact) mass is 465 g/mol. The van der Waals surface area contributed by atoms with Gasteiger partial charge >= 0.3 is 0 Å². The van der Waals surface area contributed by atoms with Crippen LogP contribution < -0.4 is 11.1 Å². The molecule has 4 aromatic rings. The highest BCUT2D eigenvalue weighted by molar-refractivity contribution is 7.23. The number of nitriles is 1. The van der Waals surface area contributed by atoms with Gasteiger partial charge in [-0.05, 0) is 24.1 Å². The second-order valence-electron chi connectivity index (χ2n) is 8.19. The van der Waals surface area contributed by atoms with E-state index in [0.29, 0.717) is 43.7 Å². The normalized spacial score (nSPS) is 18.3. The zero-order chi connectivity index (χ0) is 22.9. The van der Waals surface area contributed by atoms with Crippen LogP contribution in [0, 0.1) is 23.0 Å². The van der Waals surface area contributed by atoms with Gasteiger partial charge in [0.15, 0.2) is 0 Å². The number of anilines is 1. The molecule has 2 aliphatic heterocycles. The Bertz CT molecular complexity index is 1520. The predicted molar refractivity (Wildman–Crippen MR) is 120 cm³/mol. The standard InChI is InChI=1S/C22H17F2N7OS/c23-14-2-1-11(16-13(8-25)21(26)33-20(14)16)17-15(24)7-12-19-18(17)28-29-31(19)5-3-10-9-27-4-6-30(10)22(12)32/h1-2,7,10,27H,3-6,9,26H2. The summed E-state index contributed by atoms with van der Waals surface area (Å²) in [7, 11) is 0. The number of carbonyl (C=O) groups excluding carboxylic acids is 1. The van der Waals surface area contributed by atoms with Crippen molar-refractivity contribution in [2.75, 3.05) is 25.4 Å². The van der Waals surface area contributed by atoms with Crippen LogP contribution in [0.25, 0.3) is 32.2 Å². The third-order valence-electron chi connectivity index (χ3n) is 6.45. The van der Waals surface area contributed by atoms with E-state index >= 15 is 4.39 Å². The van der Waals surface area contributed by atoms with Crippen LogP contribution in [0.2, 0.25) is 0 Å². The Balaban J connectivity index is 1.66. The third-order valence-corrected chi connectivity index (χ3v) is 7.48. The number of benzene rings is 2. The molecule has 1 saturated heterocycles. The first kappa shape index (κ1) is 20.0. The van der Waals surface area contributed by atoms with E-state index in [4.69, 9.17) is 5.73 Å². The summed E-state index contributed by atoms with van der Waals surface area (Å²) in [5, 5.41) is 21.8. The van der Waals surface area contributed by atoms with E-state index in [1.807, 2.05) is 6.07 Å². The Kier molecular flexibility index (Phi) is 4.36. The van der Waals surface area contributed by atoms with E-state index < -0.39 is 11.6 Å². The number of amides is 1. The quantitative estimate of drug-likeness (QED) is 0.447. The van der Waals surface area contributed by atoms with Crippen LogP contribution in [-0.4, -0.2) is 51.5 Å². The summed E-state index contributed by atoms with van der Waals surface area (Å²) in [5.41, 5.74) is 7.26. The highest BCUT2D eigenvalue weighted by Gasteiger charge is 2.34. The summed E-state index contributed by atoms with van der Waals surface area (Å²) in [5.74, 6) is -1.49. The van der Waals surface area contributed by atoms with E-state index in [-0.39, 0.29) is 49.2 Å². The number of thiophene rings is 1. The van der Waals surface area contributed by atoms with Gasteiger partial charge in [0.2, 0.25) is 0 Å². The van der Waals surface area contributed by atoms with Crippen molar-refractivity contribution >= 4 is 43.4 Å². The number of nitrogens with zero attached hydrogens (tertiary/aromatic N) is 5. The fourth-order valence-corrected chi connectivity index (χ4v) is 5.87. The zero-order valence-corrected chi connectivity index (χ0v) is 18.0. The largest absolute Gasteiger partial charge is 0.389 e. The lowest BCUT2D eigenvalue weighted by Crippen LogP contribution is -2.54. The van der Waals surface area contributed by atoms with Crippen molar-refractivity contribution in [1.82, 2.24) is 25.2 Å². The molecule has 0 spiro atoms. The molecule has 1 unspecified atom stereocenters. The maximum Gasteiger partial charge on any atom is 0.256 e. The van der Waals surface area contributed by atoms with Gasteiger partial charge in [-0.2, -0.15) is 5.26 Å². The molecular weight excluding hydrogens is 448 g/mol. The molecule has 6 rings (SSSR count). The molecule has 1 fully saturated rings. The average molecular weight is 465 g/mol. The SMILES string of the molecule is N#Cc1c(N)sc2c(F)ccc(-c3c(F)cc4c5c3nnn5CCC3CNCCN3C4=O)c12. The molecular formula is C22H17F2N7OS. The minimum atomic E-state index is -0.688. The highest BCUT2D eigenvalue weighted by atomic mass is 32.1. The molecule has 0 saturated carbocycles. The van der Waals surface area contributed by atoms with Crippen LogP contribution >= 0.6 is 11.3 Å². The number of rotatable bonds is 1. The van der Waals surface area contributed by atoms with Crippen LogP contribution in [-0.2, 0) is 6.54 Å². The van der Waals surface area contributed by atoms with Crippen molar-refractivity contribution in [1.29, 1.82) is 5.26 Å². The number of nitrogens with two attached hydrogens (primary N) is 1. The first-order chi connectivity index (χ1) is 16.0. The van der Waals surface area contributed by atoms with Crippen LogP contribution in [0.4, 0.5) is 13.8 Å². The van der Waals surface area contributed by atoms with E-state index in [9.17, 15) is 14.4 Å². The Morgan fingerprint density at radius 2 is 2.09 bits per heavy atom. The number of hydrogen-bond acceptors (Lipinski definition) is 7. The van der Waals surface area contributed by atoms with Gasteiger partial charge in [-0.15, -0.1) is 16.4 Å². The van der Waals surface area contributed by atoms with Gasteiger partial charge in [0, 0.05) is 43.2 Å². The number of fused-ring (bicyclic) bond motifs is 2. The molecule has 0 bridgehead atoms. The Morgan fingerprint density at radius 3 is 2.91 bits per heavy atom. The fraction of sp³-hybridized carbons (Fsp3) is 0.273. The van der Waals surface area contributed by atoms with Gasteiger partial charge in [0.05, 0.1) is 15.8 Å². The Hall–Kier alpha value is -3.62. The summed E-state index contributed by atoms with van der Waals surface area (Å²) >= 11 is 0.943. The summed E-state index contributed by atoms with van der Waals surface area (Å²) < 4.78 is 32.1. The van der Waals surface area contributed by atoms with E-state index in [0.717, 1.165) is 11.3 Å². The Labute approximate surface area is 190 Å². The summed E-state index contributed by atoms with van der Waals surface area (Å²) in [4.78, 5) is 15.2. The molecule has 0 aliphatic carbocycles. The molecule has 1 atom stereocenters. The Morgan fingerprint density at radius 1 is 1.24 bits per heavy atom. The van der Waals surface area contributed by atoms with Crippen LogP contribution in [0.1, 0.15) is 22.3 Å². The fourth-order valence-electron chi connectivity index (χ4n) is 4.93. The first-order valence-corrected chi connectivity index (χ1v) is 11.3. The number of aryl methyl sites for hydroxylation is 1. The van der Waals surface area contributed by atoms with Gasteiger partial charge in [0.1, 0.15) is 33.7 Å². The topological polar surface area (TPSA) is 113 Å². The molecule has 2 aromatic heterocycles. The minimum absolute atomic E-state index is 0.00919. The average Bonchev–Trinajstić information content (AvgIpc) is 3.38. The van der Waals surface area contributed by atoms with Crippen LogP contribution in [0.15, 0.2) is 18.2 Å². The second-order valence-corrected chi connectivity index (χ2v) is 9.24. The number of hydrogen-bond donors (Lipinski definition) is 2. The van der Waals surface area contributed by atoms with Crippen molar-refractivity contribution in [3.8, 4) is 17.2 Å². The maximum atomic E-state index is 15.7. The minimum Gasteiger partial charge on any atom is -0.389 e. The molecule has 166 valence electrons. The van der Waals surface area contributed by atoms with Crippen molar-refractivity contribution in [2.24, 2.45) is 0 Å². The summed E-state index contributed by atoms with van der Waals surface area (Å²) in [6.45, 7) is 2.39. The molecule has 1 amide bonds. The summed E-state index contributed by atoms with van der Waals surface area (Å²) in [6.07, 6.45) is 0.684.